The summed E-state index contributed by atoms with van der Waals surface area (Å²) < 4.78 is 32.9. The summed E-state index contributed by atoms with van der Waals surface area (Å²) in [5, 5.41) is 8.10. The van der Waals surface area contributed by atoms with E-state index in [0.29, 0.717) is 31.6 Å². The molecule has 3 heterocycles. The Bertz CT molecular complexity index is 744. The highest BCUT2D eigenvalue weighted by Gasteiger charge is 2.39. The Balaban J connectivity index is 1.53. The molecule has 1 unspecified atom stereocenters. The third kappa shape index (κ3) is 5.24. The molecule has 2 aliphatic heterocycles. The second-order valence-electron chi connectivity index (χ2n) is 7.22. The van der Waals surface area contributed by atoms with Gasteiger partial charge < -0.3 is 9.64 Å². The number of aryl methyl sites for hydroxylation is 1. The first-order valence-electron chi connectivity index (χ1n) is 9.23. The van der Waals surface area contributed by atoms with Crippen LogP contribution in [0.3, 0.4) is 0 Å². The standard InChI is InChI=1S/C16H28N6O4S/c1-19-6-8-20(9-7-19)15-12-22(27(24,25)13-15)11-14-10-21(18-17-14)5-3-4-16(23)26-2/h10,15H,3-9,11-13H2,1-2H3. The van der Waals surface area contributed by atoms with Gasteiger partial charge in [0.2, 0.25) is 10.0 Å². The Morgan fingerprint density at radius 1 is 1.30 bits per heavy atom. The van der Waals surface area contributed by atoms with Gasteiger partial charge in [-0.05, 0) is 13.5 Å². The minimum absolute atomic E-state index is 0.0406. The van der Waals surface area contributed by atoms with Crippen LogP contribution in [0.25, 0.3) is 0 Å². The van der Waals surface area contributed by atoms with E-state index in [4.69, 9.17) is 0 Å². The van der Waals surface area contributed by atoms with Gasteiger partial charge in [-0.25, -0.2) is 8.42 Å². The molecular weight excluding hydrogens is 372 g/mol. The van der Waals surface area contributed by atoms with Crippen LogP contribution in [0, 0.1) is 0 Å². The third-order valence-electron chi connectivity index (χ3n) is 5.19. The number of aromatic nitrogens is 3. The van der Waals surface area contributed by atoms with Crippen LogP contribution >= 0.6 is 0 Å². The van der Waals surface area contributed by atoms with Gasteiger partial charge in [0.25, 0.3) is 0 Å². The van der Waals surface area contributed by atoms with Crippen LogP contribution in [0.15, 0.2) is 6.20 Å². The molecule has 27 heavy (non-hydrogen) atoms. The topological polar surface area (TPSA) is 101 Å². The average Bonchev–Trinajstić information content (AvgIpc) is 3.20. The molecule has 1 atom stereocenters. The number of hydrogen-bond acceptors (Lipinski definition) is 8. The fourth-order valence-electron chi connectivity index (χ4n) is 3.51. The van der Waals surface area contributed by atoms with Crippen molar-refractivity contribution in [2.24, 2.45) is 0 Å². The normalized spacial score (nSPS) is 24.3. The maximum absolute atomic E-state index is 12.6. The number of piperazine rings is 1. The number of methoxy groups -OCH3 is 1. The Morgan fingerprint density at radius 2 is 2.04 bits per heavy atom. The van der Waals surface area contributed by atoms with E-state index in [9.17, 15) is 13.2 Å². The molecule has 152 valence electrons. The molecule has 2 fully saturated rings. The molecule has 2 aliphatic rings. The number of nitrogens with zero attached hydrogens (tertiary/aromatic N) is 6. The molecule has 0 aliphatic carbocycles. The number of hydrogen-bond donors (Lipinski definition) is 0. The fourth-order valence-corrected chi connectivity index (χ4v) is 5.25. The molecule has 0 bridgehead atoms. The maximum Gasteiger partial charge on any atom is 0.305 e. The van der Waals surface area contributed by atoms with Crippen LogP contribution in [0.2, 0.25) is 0 Å². The van der Waals surface area contributed by atoms with E-state index in [0.717, 1.165) is 26.2 Å². The van der Waals surface area contributed by atoms with Gasteiger partial charge in [-0.3, -0.25) is 14.4 Å². The lowest BCUT2D eigenvalue weighted by Gasteiger charge is -2.35. The summed E-state index contributed by atoms with van der Waals surface area (Å²) in [5.41, 5.74) is 0.621. The van der Waals surface area contributed by atoms with Gasteiger partial charge in [-0.1, -0.05) is 5.21 Å². The fraction of sp³-hybridized carbons (Fsp3) is 0.812. The van der Waals surface area contributed by atoms with Crippen molar-refractivity contribution < 1.29 is 17.9 Å². The number of rotatable bonds is 7. The van der Waals surface area contributed by atoms with Gasteiger partial charge in [0.05, 0.1) is 25.1 Å². The van der Waals surface area contributed by atoms with Crippen LogP contribution in [0.4, 0.5) is 0 Å². The van der Waals surface area contributed by atoms with Crippen molar-refractivity contribution in [3.8, 4) is 0 Å². The molecular formula is C16H28N6O4S. The lowest BCUT2D eigenvalue weighted by atomic mass is 10.2. The van der Waals surface area contributed by atoms with Crippen molar-refractivity contribution in [3.05, 3.63) is 11.9 Å². The van der Waals surface area contributed by atoms with Crippen LogP contribution in [0.5, 0.6) is 0 Å². The molecule has 10 nitrogen and oxygen atoms in total. The molecule has 2 saturated heterocycles. The molecule has 0 spiro atoms. The van der Waals surface area contributed by atoms with E-state index in [1.165, 1.54) is 11.4 Å². The summed E-state index contributed by atoms with van der Waals surface area (Å²) in [7, 11) is 0.170. The third-order valence-corrected chi connectivity index (χ3v) is 7.06. The predicted molar refractivity (Wildman–Crippen MR) is 98.3 cm³/mol. The molecule has 0 saturated carbocycles. The van der Waals surface area contributed by atoms with Crippen molar-refractivity contribution in [1.29, 1.82) is 0 Å². The number of ether oxygens (including phenoxy) is 1. The van der Waals surface area contributed by atoms with Crippen LogP contribution in [-0.2, 0) is 32.6 Å². The molecule has 11 heteroatoms. The summed E-state index contributed by atoms with van der Waals surface area (Å²) in [6.45, 7) is 5.03. The highest BCUT2D eigenvalue weighted by molar-refractivity contribution is 7.89. The molecule has 3 rings (SSSR count). The van der Waals surface area contributed by atoms with E-state index in [2.05, 4.69) is 31.9 Å². The van der Waals surface area contributed by atoms with Crippen molar-refractivity contribution in [2.75, 3.05) is 52.6 Å². The number of sulfonamides is 1. The Kier molecular flexibility index (Phi) is 6.45. The summed E-state index contributed by atoms with van der Waals surface area (Å²) in [6.07, 6.45) is 2.66. The first-order chi connectivity index (χ1) is 12.9. The highest BCUT2D eigenvalue weighted by Crippen LogP contribution is 2.21. The second kappa shape index (κ2) is 8.63. The van der Waals surface area contributed by atoms with Gasteiger partial charge >= 0.3 is 5.97 Å². The van der Waals surface area contributed by atoms with E-state index in [1.807, 2.05) is 0 Å². The Labute approximate surface area is 160 Å². The lowest BCUT2D eigenvalue weighted by molar-refractivity contribution is -0.140. The van der Waals surface area contributed by atoms with E-state index < -0.39 is 10.0 Å². The lowest BCUT2D eigenvalue weighted by Crippen LogP contribution is -2.50. The number of carbonyl (C=O) groups is 1. The van der Waals surface area contributed by atoms with Gasteiger partial charge in [0.15, 0.2) is 0 Å². The zero-order chi connectivity index (χ0) is 19.4. The average molecular weight is 401 g/mol. The molecule has 0 amide bonds. The first-order valence-corrected chi connectivity index (χ1v) is 10.8. The molecule has 0 aromatic carbocycles. The second-order valence-corrected chi connectivity index (χ2v) is 9.23. The minimum Gasteiger partial charge on any atom is -0.469 e. The molecule has 1 aromatic rings. The summed E-state index contributed by atoms with van der Waals surface area (Å²) in [6, 6.07) is 0.0406. The van der Waals surface area contributed by atoms with Gasteiger partial charge in [0.1, 0.15) is 0 Å². The van der Waals surface area contributed by atoms with Crippen molar-refractivity contribution >= 4 is 16.0 Å². The quantitative estimate of drug-likeness (QED) is 0.537. The predicted octanol–water partition coefficient (Wildman–Crippen LogP) is -1.01. The SMILES string of the molecule is COC(=O)CCCn1cc(CN2CC(N3CCN(C)CC3)CS2(=O)=O)nn1. The van der Waals surface area contributed by atoms with Crippen molar-refractivity contribution in [1.82, 2.24) is 29.1 Å². The largest absolute Gasteiger partial charge is 0.469 e. The molecule has 0 N–H and O–H groups in total. The first kappa shape index (κ1) is 20.2. The van der Waals surface area contributed by atoms with Crippen LogP contribution < -0.4 is 0 Å². The number of likely N-dealkylation sites (N-methyl/N-ethyl adjacent to an activating group) is 1. The van der Waals surface area contributed by atoms with Crippen LogP contribution in [0.1, 0.15) is 18.5 Å². The Morgan fingerprint density at radius 3 is 2.74 bits per heavy atom. The molecule has 0 radical (unpaired) electrons. The summed E-state index contributed by atoms with van der Waals surface area (Å²) in [4.78, 5) is 15.7. The van der Waals surface area contributed by atoms with E-state index in [1.54, 1.807) is 10.9 Å². The monoisotopic (exact) mass is 400 g/mol. The van der Waals surface area contributed by atoms with Crippen LogP contribution in [-0.4, -0.2) is 102 Å². The van der Waals surface area contributed by atoms with Gasteiger partial charge in [-0.2, -0.15) is 4.31 Å². The maximum atomic E-state index is 12.6. The van der Waals surface area contributed by atoms with E-state index >= 15 is 0 Å². The van der Waals surface area contributed by atoms with E-state index in [-0.39, 0.29) is 24.3 Å². The van der Waals surface area contributed by atoms with Crippen molar-refractivity contribution in [3.63, 3.8) is 0 Å². The van der Waals surface area contributed by atoms with Gasteiger partial charge in [0, 0.05) is 57.9 Å². The van der Waals surface area contributed by atoms with Gasteiger partial charge in [-0.15, -0.1) is 5.10 Å². The zero-order valence-electron chi connectivity index (χ0n) is 16.0. The summed E-state index contributed by atoms with van der Waals surface area (Å²) in [5.74, 6) is -0.0855. The Hall–Kier alpha value is -1.56. The number of esters is 1. The minimum atomic E-state index is -3.28. The summed E-state index contributed by atoms with van der Waals surface area (Å²) >= 11 is 0. The zero-order valence-corrected chi connectivity index (χ0v) is 16.8. The number of carbonyl (C=O) groups excluding carboxylic acids is 1. The van der Waals surface area contributed by atoms with Crippen molar-refractivity contribution in [2.45, 2.75) is 32.0 Å². The molecule has 1 aromatic heterocycles. The smallest absolute Gasteiger partial charge is 0.305 e. The highest BCUT2D eigenvalue weighted by atomic mass is 32.2.